The molecule has 1 aromatic heterocycles. The van der Waals surface area contributed by atoms with Crippen molar-refractivity contribution in [1.82, 2.24) is 10.3 Å². The minimum absolute atomic E-state index is 0.194. The highest BCUT2D eigenvalue weighted by Crippen LogP contribution is 2.27. The van der Waals surface area contributed by atoms with Gasteiger partial charge in [0.15, 0.2) is 5.13 Å². The molecule has 0 bridgehead atoms. The van der Waals surface area contributed by atoms with Crippen LogP contribution in [-0.2, 0) is 11.2 Å². The topological polar surface area (TPSA) is 54.0 Å². The Kier molecular flexibility index (Phi) is 4.55. The molecular weight excluding hydrogens is 346 g/mol. The Balaban J connectivity index is 1.62. The molecule has 9 heteroatoms. The minimum atomic E-state index is -2.89. The lowest BCUT2D eigenvalue weighted by Crippen LogP contribution is -2.35. The van der Waals surface area contributed by atoms with Crippen LogP contribution >= 0.6 is 11.3 Å². The normalized spacial score (nSPS) is 19.4. The average Bonchev–Trinajstić information content (AvgIpc) is 3.08. The molecule has 1 aliphatic rings. The summed E-state index contributed by atoms with van der Waals surface area (Å²) in [5, 5.41) is 5.17. The van der Waals surface area contributed by atoms with E-state index in [1.165, 1.54) is 12.3 Å². The van der Waals surface area contributed by atoms with Crippen molar-refractivity contribution in [1.29, 1.82) is 0 Å². The lowest BCUT2D eigenvalue weighted by atomic mass is 10.1. The van der Waals surface area contributed by atoms with Crippen LogP contribution in [0.1, 0.15) is 16.9 Å². The van der Waals surface area contributed by atoms with E-state index < -0.39 is 42.5 Å². The van der Waals surface area contributed by atoms with E-state index in [4.69, 9.17) is 0 Å². The third kappa shape index (κ3) is 3.90. The van der Waals surface area contributed by atoms with Gasteiger partial charge in [-0.2, -0.15) is 0 Å². The van der Waals surface area contributed by atoms with Gasteiger partial charge in [0.05, 0.1) is 12.6 Å². The lowest BCUT2D eigenvalue weighted by molar-refractivity contribution is -0.118. The molecule has 3 rings (SSSR count). The molecule has 0 radical (unpaired) electrons. The number of hydrogen-bond donors (Lipinski definition) is 2. The van der Waals surface area contributed by atoms with Crippen molar-refractivity contribution in [3.8, 4) is 0 Å². The number of hydrogen-bond acceptors (Lipinski definition) is 4. The zero-order valence-corrected chi connectivity index (χ0v) is 13.1. The van der Waals surface area contributed by atoms with E-state index in [2.05, 4.69) is 15.6 Å². The molecule has 2 N–H and O–H groups in total. The smallest absolute Gasteiger partial charge is 0.262 e. The number of nitrogens with zero attached hydrogens (tertiary/aromatic N) is 1. The summed E-state index contributed by atoms with van der Waals surface area (Å²) in [5.74, 6) is -4.79. The number of carbonyl (C=O) groups is 1. The van der Waals surface area contributed by atoms with Gasteiger partial charge in [-0.25, -0.2) is 22.5 Å². The first-order chi connectivity index (χ1) is 11.3. The monoisotopic (exact) mass is 359 g/mol. The Hall–Kier alpha value is -2.00. The Labute approximate surface area is 138 Å². The summed E-state index contributed by atoms with van der Waals surface area (Å²) in [7, 11) is 0. The highest BCUT2D eigenvalue weighted by atomic mass is 32.1. The Morgan fingerprint density at radius 3 is 2.88 bits per heavy atom. The van der Waals surface area contributed by atoms with E-state index in [1.54, 1.807) is 0 Å². The number of benzene rings is 1. The van der Waals surface area contributed by atoms with Crippen LogP contribution in [0.4, 0.5) is 22.7 Å². The predicted molar refractivity (Wildman–Crippen MR) is 81.3 cm³/mol. The van der Waals surface area contributed by atoms with Gasteiger partial charge >= 0.3 is 0 Å². The quantitative estimate of drug-likeness (QED) is 0.826. The largest absolute Gasteiger partial charge is 0.301 e. The second-order valence-corrected chi connectivity index (χ2v) is 6.64. The summed E-state index contributed by atoms with van der Waals surface area (Å²) in [5.41, 5.74) is 0.301. The summed E-state index contributed by atoms with van der Waals surface area (Å²) >= 11 is 1.11. The van der Waals surface area contributed by atoms with Gasteiger partial charge in [-0.3, -0.25) is 10.1 Å². The molecule has 1 fully saturated rings. The molecule has 2 heterocycles. The molecule has 0 saturated carbocycles. The molecule has 128 valence electrons. The van der Waals surface area contributed by atoms with Crippen LogP contribution in [0.3, 0.4) is 0 Å². The van der Waals surface area contributed by atoms with Gasteiger partial charge in [0.25, 0.3) is 5.92 Å². The van der Waals surface area contributed by atoms with Crippen molar-refractivity contribution in [2.24, 2.45) is 0 Å². The van der Waals surface area contributed by atoms with Gasteiger partial charge in [-0.05, 0) is 11.6 Å². The van der Waals surface area contributed by atoms with Crippen molar-refractivity contribution in [3.63, 3.8) is 0 Å². The lowest BCUT2D eigenvalue weighted by Gasteiger charge is -2.09. The Morgan fingerprint density at radius 1 is 1.42 bits per heavy atom. The van der Waals surface area contributed by atoms with E-state index in [0.717, 1.165) is 23.5 Å². The van der Waals surface area contributed by atoms with Gasteiger partial charge in [0.2, 0.25) is 5.91 Å². The van der Waals surface area contributed by atoms with Crippen LogP contribution in [0.25, 0.3) is 0 Å². The highest BCUT2D eigenvalue weighted by molar-refractivity contribution is 7.15. The molecule has 24 heavy (non-hydrogen) atoms. The molecule has 2 aromatic rings. The van der Waals surface area contributed by atoms with E-state index in [1.807, 2.05) is 0 Å². The van der Waals surface area contributed by atoms with E-state index in [0.29, 0.717) is 10.4 Å². The molecule has 0 spiro atoms. The summed E-state index contributed by atoms with van der Waals surface area (Å²) in [6.45, 7) is -0.530. The van der Waals surface area contributed by atoms with Gasteiger partial charge in [0, 0.05) is 30.0 Å². The van der Waals surface area contributed by atoms with Gasteiger partial charge in [0.1, 0.15) is 11.6 Å². The maximum atomic E-state index is 13.6. The van der Waals surface area contributed by atoms with Crippen molar-refractivity contribution in [2.75, 3.05) is 11.9 Å². The van der Waals surface area contributed by atoms with E-state index in [-0.39, 0.29) is 11.6 Å². The molecule has 1 aromatic carbocycles. The molecule has 1 amide bonds. The van der Waals surface area contributed by atoms with Crippen molar-refractivity contribution in [3.05, 3.63) is 46.5 Å². The van der Waals surface area contributed by atoms with Crippen LogP contribution in [0.2, 0.25) is 0 Å². The Morgan fingerprint density at radius 2 is 2.21 bits per heavy atom. The van der Waals surface area contributed by atoms with Crippen LogP contribution in [0.15, 0.2) is 24.4 Å². The van der Waals surface area contributed by atoms with Crippen LogP contribution < -0.4 is 10.6 Å². The maximum Gasteiger partial charge on any atom is 0.262 e. The summed E-state index contributed by atoms with van der Waals surface area (Å²) in [4.78, 5) is 16.6. The summed E-state index contributed by atoms with van der Waals surface area (Å²) in [6, 6.07) is 2.33. The molecular formula is C15H13F4N3OS. The molecule has 1 saturated heterocycles. The molecule has 0 aliphatic carbocycles. The van der Waals surface area contributed by atoms with Crippen LogP contribution in [0, 0.1) is 11.6 Å². The van der Waals surface area contributed by atoms with E-state index >= 15 is 0 Å². The summed E-state index contributed by atoms with van der Waals surface area (Å²) in [6.07, 6.45) is 1.09. The third-order valence-electron chi connectivity index (χ3n) is 3.59. The standard InChI is InChI=1S/C15H13F4N3OS/c16-9-2-1-8(11(17)4-9)3-10-6-20-14(24-10)22-13(23)12-5-15(18,19)7-21-12/h1-2,4,6,12,21H,3,5,7H2,(H,20,22,23). The Bertz CT molecular complexity index is 765. The molecule has 1 unspecified atom stereocenters. The minimum Gasteiger partial charge on any atom is -0.301 e. The number of amides is 1. The third-order valence-corrected chi connectivity index (χ3v) is 4.50. The fourth-order valence-electron chi connectivity index (χ4n) is 2.39. The number of carbonyl (C=O) groups excluding carboxylic acids is 1. The first-order valence-corrected chi connectivity index (χ1v) is 7.95. The van der Waals surface area contributed by atoms with E-state index in [9.17, 15) is 22.4 Å². The second-order valence-electron chi connectivity index (χ2n) is 5.53. The second kappa shape index (κ2) is 6.48. The number of rotatable bonds is 4. The number of halogens is 4. The first-order valence-electron chi connectivity index (χ1n) is 7.13. The first kappa shape index (κ1) is 16.8. The van der Waals surface area contributed by atoms with Crippen LogP contribution in [-0.4, -0.2) is 29.4 Å². The van der Waals surface area contributed by atoms with Crippen molar-refractivity contribution >= 4 is 22.4 Å². The van der Waals surface area contributed by atoms with Gasteiger partial charge in [-0.15, -0.1) is 11.3 Å². The number of thiazole rings is 1. The fourth-order valence-corrected chi connectivity index (χ4v) is 3.23. The maximum absolute atomic E-state index is 13.6. The van der Waals surface area contributed by atoms with Crippen molar-refractivity contribution in [2.45, 2.75) is 24.8 Å². The zero-order valence-electron chi connectivity index (χ0n) is 12.3. The van der Waals surface area contributed by atoms with Gasteiger partial charge < -0.3 is 5.32 Å². The summed E-state index contributed by atoms with van der Waals surface area (Å²) < 4.78 is 52.7. The SMILES string of the molecule is O=C(Nc1ncc(Cc2ccc(F)cc2F)s1)C1CC(F)(F)CN1. The average molecular weight is 359 g/mol. The molecule has 1 aliphatic heterocycles. The zero-order chi connectivity index (χ0) is 17.3. The number of nitrogens with one attached hydrogen (secondary N) is 2. The number of aromatic nitrogens is 1. The number of alkyl halides is 2. The van der Waals surface area contributed by atoms with Gasteiger partial charge in [-0.1, -0.05) is 6.07 Å². The molecule has 4 nitrogen and oxygen atoms in total. The van der Waals surface area contributed by atoms with Crippen molar-refractivity contribution < 1.29 is 22.4 Å². The number of anilines is 1. The molecule has 1 atom stereocenters. The highest BCUT2D eigenvalue weighted by Gasteiger charge is 2.42. The fraction of sp³-hybridized carbons (Fsp3) is 0.333. The predicted octanol–water partition coefficient (Wildman–Crippen LogP) is 2.95. The van der Waals surface area contributed by atoms with Crippen LogP contribution in [0.5, 0.6) is 0 Å².